The summed E-state index contributed by atoms with van der Waals surface area (Å²) < 4.78 is 5.18. The van der Waals surface area contributed by atoms with E-state index in [0.29, 0.717) is 31.1 Å². The minimum absolute atomic E-state index is 0.0618. The van der Waals surface area contributed by atoms with Crippen molar-refractivity contribution in [2.75, 3.05) is 39.8 Å². The average Bonchev–Trinajstić information content (AvgIpc) is 2.68. The largest absolute Gasteiger partial charge is 0.480 e. The highest BCUT2D eigenvalue weighted by Crippen LogP contribution is 2.19. The molecule has 0 saturated carbocycles. The molecule has 1 fully saturated rings. The second-order valence-corrected chi connectivity index (χ2v) is 6.08. The first kappa shape index (κ1) is 17.4. The zero-order valence-corrected chi connectivity index (χ0v) is 14.3. The van der Waals surface area contributed by atoms with Crippen LogP contribution in [-0.4, -0.2) is 65.6 Å². The van der Waals surface area contributed by atoms with E-state index in [1.54, 1.807) is 18.3 Å². The van der Waals surface area contributed by atoms with Gasteiger partial charge >= 0.3 is 0 Å². The fraction of sp³-hybridized carbons (Fsp3) is 0.368. The lowest BCUT2D eigenvalue weighted by atomic mass is 10.1. The van der Waals surface area contributed by atoms with Gasteiger partial charge in [-0.25, -0.2) is 4.98 Å². The maximum atomic E-state index is 12.7. The molecule has 0 aliphatic carbocycles. The molecule has 0 spiro atoms. The van der Waals surface area contributed by atoms with Crippen LogP contribution in [0, 0.1) is 0 Å². The average molecular weight is 341 g/mol. The number of hydrogen-bond donors (Lipinski definition) is 1. The van der Waals surface area contributed by atoms with Gasteiger partial charge in [-0.15, -0.1) is 0 Å². The number of piperazine rings is 1. The zero-order chi connectivity index (χ0) is 17.6. The van der Waals surface area contributed by atoms with E-state index in [1.165, 1.54) is 7.11 Å². The number of nitrogens with zero attached hydrogens (tertiary/aromatic N) is 3. The first-order valence-electron chi connectivity index (χ1n) is 8.42. The molecule has 0 bridgehead atoms. The third-order valence-corrected chi connectivity index (χ3v) is 4.47. The molecular formula is C19H23N3O3. The molecule has 1 atom stereocenters. The molecular weight excluding hydrogens is 318 g/mol. The molecule has 1 aliphatic heterocycles. The summed E-state index contributed by atoms with van der Waals surface area (Å²) in [5.41, 5.74) is 1.41. The normalized spacial score (nSPS) is 16.5. The van der Waals surface area contributed by atoms with Crippen LogP contribution < -0.4 is 4.74 Å². The topological polar surface area (TPSA) is 65.9 Å². The fourth-order valence-corrected chi connectivity index (χ4v) is 3.05. The van der Waals surface area contributed by atoms with Crippen LogP contribution >= 0.6 is 0 Å². The molecule has 1 saturated heterocycles. The summed E-state index contributed by atoms with van der Waals surface area (Å²) >= 11 is 0. The SMILES string of the molecule is COc1ncccc1C(=O)N1CCN(C[C@@H](O)c2ccccc2)CC1. The minimum atomic E-state index is -0.512. The summed E-state index contributed by atoms with van der Waals surface area (Å²) in [5.74, 6) is 0.294. The molecule has 6 heteroatoms. The number of hydrogen-bond acceptors (Lipinski definition) is 5. The van der Waals surface area contributed by atoms with Crippen molar-refractivity contribution < 1.29 is 14.6 Å². The predicted octanol–water partition coefficient (Wildman–Crippen LogP) is 1.58. The third kappa shape index (κ3) is 4.15. The number of methoxy groups -OCH3 is 1. The molecule has 1 aromatic carbocycles. The molecule has 1 aliphatic rings. The standard InChI is InChI=1S/C19H23N3O3/c1-25-18-16(8-5-9-20-18)19(24)22-12-10-21(11-13-22)14-17(23)15-6-3-2-4-7-15/h2-9,17,23H,10-14H2,1H3/t17-/m1/s1. The van der Waals surface area contributed by atoms with Crippen LogP contribution in [0.3, 0.4) is 0 Å². The van der Waals surface area contributed by atoms with Crippen molar-refractivity contribution in [2.24, 2.45) is 0 Å². The van der Waals surface area contributed by atoms with E-state index in [4.69, 9.17) is 4.74 Å². The first-order valence-corrected chi connectivity index (χ1v) is 8.42. The van der Waals surface area contributed by atoms with Gasteiger partial charge in [-0.1, -0.05) is 30.3 Å². The van der Waals surface area contributed by atoms with Gasteiger partial charge in [0, 0.05) is 38.9 Å². The number of aliphatic hydroxyl groups is 1. The van der Waals surface area contributed by atoms with E-state index in [-0.39, 0.29) is 5.91 Å². The van der Waals surface area contributed by atoms with Gasteiger partial charge < -0.3 is 14.7 Å². The van der Waals surface area contributed by atoms with Gasteiger partial charge in [-0.3, -0.25) is 9.69 Å². The highest BCUT2D eigenvalue weighted by Gasteiger charge is 2.25. The van der Waals surface area contributed by atoms with Gasteiger partial charge in [-0.05, 0) is 17.7 Å². The Labute approximate surface area is 147 Å². The van der Waals surface area contributed by atoms with E-state index in [9.17, 15) is 9.90 Å². The van der Waals surface area contributed by atoms with Crippen molar-refractivity contribution in [3.63, 3.8) is 0 Å². The molecule has 1 aromatic heterocycles. The number of amides is 1. The van der Waals surface area contributed by atoms with E-state index >= 15 is 0 Å². The Balaban J connectivity index is 1.56. The predicted molar refractivity (Wildman–Crippen MR) is 94.5 cm³/mol. The molecule has 1 amide bonds. The number of rotatable bonds is 5. The van der Waals surface area contributed by atoms with Crippen LogP contribution in [0.2, 0.25) is 0 Å². The summed E-state index contributed by atoms with van der Waals surface area (Å²) in [6.45, 7) is 3.29. The van der Waals surface area contributed by atoms with Crippen molar-refractivity contribution in [1.82, 2.24) is 14.8 Å². The van der Waals surface area contributed by atoms with E-state index in [2.05, 4.69) is 9.88 Å². The Kier molecular flexibility index (Phi) is 5.63. The van der Waals surface area contributed by atoms with Crippen molar-refractivity contribution in [3.05, 3.63) is 59.8 Å². The number of β-amino-alcohol motifs (C(OH)–C–C–N with tert-alkyl or cyclic N) is 1. The number of ether oxygens (including phenoxy) is 1. The number of carbonyl (C=O) groups excluding carboxylic acids is 1. The molecule has 132 valence electrons. The summed E-state index contributed by atoms with van der Waals surface area (Å²) in [5, 5.41) is 10.3. The van der Waals surface area contributed by atoms with Crippen molar-refractivity contribution in [3.8, 4) is 5.88 Å². The van der Waals surface area contributed by atoms with Crippen LogP contribution in [0.25, 0.3) is 0 Å². The Morgan fingerprint density at radius 3 is 2.56 bits per heavy atom. The highest BCUT2D eigenvalue weighted by molar-refractivity contribution is 5.96. The molecule has 25 heavy (non-hydrogen) atoms. The van der Waals surface area contributed by atoms with Crippen molar-refractivity contribution in [1.29, 1.82) is 0 Å². The third-order valence-electron chi connectivity index (χ3n) is 4.47. The number of pyridine rings is 1. The number of aromatic nitrogens is 1. The monoisotopic (exact) mass is 341 g/mol. The van der Waals surface area contributed by atoms with Crippen LogP contribution in [0.15, 0.2) is 48.7 Å². The lowest BCUT2D eigenvalue weighted by Crippen LogP contribution is -2.49. The first-order chi connectivity index (χ1) is 12.2. The summed E-state index contributed by atoms with van der Waals surface area (Å²) in [6, 6.07) is 13.1. The maximum absolute atomic E-state index is 12.7. The molecule has 3 rings (SSSR count). The quantitative estimate of drug-likeness (QED) is 0.894. The maximum Gasteiger partial charge on any atom is 0.259 e. The smallest absolute Gasteiger partial charge is 0.259 e. The fourth-order valence-electron chi connectivity index (χ4n) is 3.05. The molecule has 0 unspecified atom stereocenters. The van der Waals surface area contributed by atoms with E-state index in [1.807, 2.05) is 35.2 Å². The number of aliphatic hydroxyl groups excluding tert-OH is 1. The second-order valence-electron chi connectivity index (χ2n) is 6.08. The van der Waals surface area contributed by atoms with Gasteiger partial charge in [0.15, 0.2) is 0 Å². The summed E-state index contributed by atoms with van der Waals surface area (Å²) in [4.78, 5) is 20.7. The van der Waals surface area contributed by atoms with E-state index < -0.39 is 6.10 Å². The van der Waals surface area contributed by atoms with Crippen molar-refractivity contribution >= 4 is 5.91 Å². The zero-order valence-electron chi connectivity index (χ0n) is 14.3. The Morgan fingerprint density at radius 2 is 1.88 bits per heavy atom. The lowest BCUT2D eigenvalue weighted by Gasteiger charge is -2.35. The lowest BCUT2D eigenvalue weighted by molar-refractivity contribution is 0.0524. The number of benzene rings is 1. The van der Waals surface area contributed by atoms with E-state index in [0.717, 1.165) is 18.7 Å². The minimum Gasteiger partial charge on any atom is -0.480 e. The molecule has 1 N–H and O–H groups in total. The molecule has 2 aromatic rings. The molecule has 6 nitrogen and oxygen atoms in total. The Morgan fingerprint density at radius 1 is 1.16 bits per heavy atom. The second kappa shape index (κ2) is 8.09. The van der Waals surface area contributed by atoms with Crippen LogP contribution in [0.5, 0.6) is 5.88 Å². The Bertz CT molecular complexity index is 700. The van der Waals surface area contributed by atoms with Gasteiger partial charge in [0.25, 0.3) is 5.91 Å². The van der Waals surface area contributed by atoms with Gasteiger partial charge in [0.1, 0.15) is 5.56 Å². The summed E-state index contributed by atoms with van der Waals surface area (Å²) in [6.07, 6.45) is 1.10. The van der Waals surface area contributed by atoms with Crippen LogP contribution in [-0.2, 0) is 0 Å². The van der Waals surface area contributed by atoms with Gasteiger partial charge in [0.2, 0.25) is 5.88 Å². The summed E-state index contributed by atoms with van der Waals surface area (Å²) in [7, 11) is 1.52. The van der Waals surface area contributed by atoms with Gasteiger partial charge in [-0.2, -0.15) is 0 Å². The van der Waals surface area contributed by atoms with Gasteiger partial charge in [0.05, 0.1) is 13.2 Å². The highest BCUT2D eigenvalue weighted by atomic mass is 16.5. The Hall–Kier alpha value is -2.44. The van der Waals surface area contributed by atoms with Crippen molar-refractivity contribution in [2.45, 2.75) is 6.10 Å². The molecule has 0 radical (unpaired) electrons. The number of carbonyl (C=O) groups is 1. The molecule has 2 heterocycles. The van der Waals surface area contributed by atoms with Crippen LogP contribution in [0.4, 0.5) is 0 Å². The van der Waals surface area contributed by atoms with Crippen LogP contribution in [0.1, 0.15) is 22.0 Å².